The Labute approximate surface area is 105 Å². The zero-order valence-electron chi connectivity index (χ0n) is 10.9. The van der Waals surface area contributed by atoms with Crippen molar-refractivity contribution in [3.05, 3.63) is 0 Å². The minimum Gasteiger partial charge on any atom is -0.229 e. The van der Waals surface area contributed by atoms with E-state index in [-0.39, 0.29) is 16.9 Å². The van der Waals surface area contributed by atoms with Crippen molar-refractivity contribution >= 4 is 9.84 Å². The van der Waals surface area contributed by atoms with Crippen LogP contribution in [0.25, 0.3) is 0 Å². The van der Waals surface area contributed by atoms with Crippen molar-refractivity contribution in [2.24, 2.45) is 11.3 Å². The molecule has 4 heteroatoms. The SMILES string of the molecule is CCS(=O)(=O)CCCC1(C#N)CCCC(C)C1. The third-order valence-corrected chi connectivity index (χ3v) is 5.67. The van der Waals surface area contributed by atoms with Crippen LogP contribution in [0.2, 0.25) is 0 Å². The molecule has 0 heterocycles. The molecule has 0 aromatic heterocycles. The molecule has 0 aliphatic heterocycles. The lowest BCUT2D eigenvalue weighted by Crippen LogP contribution is -2.27. The monoisotopic (exact) mass is 257 g/mol. The first-order valence-electron chi connectivity index (χ1n) is 6.55. The Bertz CT molecular complexity index is 383. The summed E-state index contributed by atoms with van der Waals surface area (Å²) in [5, 5.41) is 9.35. The summed E-state index contributed by atoms with van der Waals surface area (Å²) in [6.07, 6.45) is 5.57. The third kappa shape index (κ3) is 4.31. The van der Waals surface area contributed by atoms with Gasteiger partial charge in [-0.3, -0.25) is 0 Å². The van der Waals surface area contributed by atoms with E-state index in [1.165, 1.54) is 6.42 Å². The van der Waals surface area contributed by atoms with E-state index in [0.29, 0.717) is 12.3 Å². The molecule has 98 valence electrons. The van der Waals surface area contributed by atoms with Gasteiger partial charge >= 0.3 is 0 Å². The van der Waals surface area contributed by atoms with Crippen molar-refractivity contribution in [3.8, 4) is 6.07 Å². The maximum Gasteiger partial charge on any atom is 0.150 e. The van der Waals surface area contributed by atoms with E-state index in [0.717, 1.165) is 25.7 Å². The second kappa shape index (κ2) is 5.86. The summed E-state index contributed by atoms with van der Waals surface area (Å²) in [4.78, 5) is 0. The largest absolute Gasteiger partial charge is 0.229 e. The number of hydrogen-bond donors (Lipinski definition) is 0. The molecule has 0 radical (unpaired) electrons. The highest BCUT2D eigenvalue weighted by atomic mass is 32.2. The first kappa shape index (κ1) is 14.5. The Kier molecular flexibility index (Phi) is 5.00. The summed E-state index contributed by atoms with van der Waals surface area (Å²) in [6.45, 7) is 3.87. The van der Waals surface area contributed by atoms with Gasteiger partial charge in [-0.1, -0.05) is 26.7 Å². The molecule has 1 fully saturated rings. The number of hydrogen-bond acceptors (Lipinski definition) is 3. The highest BCUT2D eigenvalue weighted by Crippen LogP contribution is 2.42. The lowest BCUT2D eigenvalue weighted by molar-refractivity contribution is 0.196. The van der Waals surface area contributed by atoms with Crippen LogP contribution in [-0.2, 0) is 9.84 Å². The maximum atomic E-state index is 11.4. The topological polar surface area (TPSA) is 57.9 Å². The van der Waals surface area contributed by atoms with Gasteiger partial charge in [-0.15, -0.1) is 0 Å². The fourth-order valence-corrected chi connectivity index (χ4v) is 3.69. The summed E-state index contributed by atoms with van der Waals surface area (Å²) in [6, 6.07) is 2.46. The Morgan fingerprint density at radius 3 is 2.71 bits per heavy atom. The van der Waals surface area contributed by atoms with Gasteiger partial charge in [0, 0.05) is 5.75 Å². The lowest BCUT2D eigenvalue weighted by atomic mass is 9.69. The van der Waals surface area contributed by atoms with Crippen molar-refractivity contribution < 1.29 is 8.42 Å². The van der Waals surface area contributed by atoms with Crippen LogP contribution in [0.3, 0.4) is 0 Å². The summed E-state index contributed by atoms with van der Waals surface area (Å²) in [5.41, 5.74) is -0.249. The molecule has 0 N–H and O–H groups in total. The van der Waals surface area contributed by atoms with E-state index in [1.807, 2.05) is 0 Å². The van der Waals surface area contributed by atoms with Crippen LogP contribution in [0.15, 0.2) is 0 Å². The molecule has 3 nitrogen and oxygen atoms in total. The lowest BCUT2D eigenvalue weighted by Gasteiger charge is -2.34. The third-order valence-electron chi connectivity index (χ3n) is 3.88. The molecule has 0 aromatic carbocycles. The molecule has 17 heavy (non-hydrogen) atoms. The van der Waals surface area contributed by atoms with Crippen molar-refractivity contribution in [3.63, 3.8) is 0 Å². The van der Waals surface area contributed by atoms with E-state index in [9.17, 15) is 13.7 Å². The van der Waals surface area contributed by atoms with E-state index in [4.69, 9.17) is 0 Å². The van der Waals surface area contributed by atoms with Crippen LogP contribution < -0.4 is 0 Å². The number of rotatable bonds is 5. The van der Waals surface area contributed by atoms with Crippen molar-refractivity contribution in [2.75, 3.05) is 11.5 Å². The molecule has 1 aliphatic carbocycles. The van der Waals surface area contributed by atoms with E-state index < -0.39 is 9.84 Å². The van der Waals surface area contributed by atoms with Gasteiger partial charge in [0.05, 0.1) is 17.2 Å². The molecule has 2 atom stereocenters. The molecule has 0 saturated heterocycles. The van der Waals surface area contributed by atoms with Gasteiger partial charge in [0.2, 0.25) is 0 Å². The van der Waals surface area contributed by atoms with E-state index in [1.54, 1.807) is 6.92 Å². The molecule has 1 saturated carbocycles. The fourth-order valence-electron chi connectivity index (χ4n) is 2.82. The van der Waals surface area contributed by atoms with Gasteiger partial charge in [-0.05, 0) is 31.6 Å². The minimum absolute atomic E-state index is 0.211. The van der Waals surface area contributed by atoms with Gasteiger partial charge < -0.3 is 0 Å². The number of nitrogens with zero attached hydrogens (tertiary/aromatic N) is 1. The first-order chi connectivity index (χ1) is 7.93. The van der Waals surface area contributed by atoms with Gasteiger partial charge in [0.15, 0.2) is 0 Å². The average molecular weight is 257 g/mol. The predicted molar refractivity (Wildman–Crippen MR) is 69.2 cm³/mol. The molecule has 0 aromatic rings. The molecule has 1 aliphatic rings. The Hall–Kier alpha value is -0.560. The van der Waals surface area contributed by atoms with E-state index in [2.05, 4.69) is 13.0 Å². The molecule has 2 unspecified atom stereocenters. The molecular weight excluding hydrogens is 234 g/mol. The average Bonchev–Trinajstić information content (AvgIpc) is 2.29. The number of sulfone groups is 1. The highest BCUT2D eigenvalue weighted by molar-refractivity contribution is 7.91. The number of nitriles is 1. The van der Waals surface area contributed by atoms with Crippen LogP contribution in [0.5, 0.6) is 0 Å². The standard InChI is InChI=1S/C13H23NO2S/c1-3-17(15,16)9-5-8-13(11-14)7-4-6-12(2)10-13/h12H,3-10H2,1-2H3. The van der Waals surface area contributed by atoms with Crippen LogP contribution in [0.1, 0.15) is 52.4 Å². The van der Waals surface area contributed by atoms with Gasteiger partial charge in [0.25, 0.3) is 0 Å². The smallest absolute Gasteiger partial charge is 0.150 e. The van der Waals surface area contributed by atoms with Crippen molar-refractivity contribution in [2.45, 2.75) is 52.4 Å². The van der Waals surface area contributed by atoms with Crippen molar-refractivity contribution in [1.82, 2.24) is 0 Å². The fraction of sp³-hybridized carbons (Fsp3) is 0.923. The minimum atomic E-state index is -2.88. The Morgan fingerprint density at radius 1 is 1.47 bits per heavy atom. The van der Waals surface area contributed by atoms with Crippen LogP contribution >= 0.6 is 0 Å². The zero-order chi connectivity index (χ0) is 12.9. The van der Waals surface area contributed by atoms with Crippen LogP contribution in [0.4, 0.5) is 0 Å². The summed E-state index contributed by atoms with van der Waals surface area (Å²) in [5.74, 6) is 1.05. The van der Waals surface area contributed by atoms with Gasteiger partial charge in [-0.25, -0.2) is 8.42 Å². The maximum absolute atomic E-state index is 11.4. The zero-order valence-corrected chi connectivity index (χ0v) is 11.7. The van der Waals surface area contributed by atoms with Crippen molar-refractivity contribution in [1.29, 1.82) is 5.26 Å². The molecule has 0 spiro atoms. The Balaban J connectivity index is 2.51. The summed E-state index contributed by atoms with van der Waals surface area (Å²) < 4.78 is 22.8. The molecule has 1 rings (SSSR count). The molecule has 0 bridgehead atoms. The van der Waals surface area contributed by atoms with Crippen LogP contribution in [0, 0.1) is 22.7 Å². The quantitative estimate of drug-likeness (QED) is 0.761. The summed E-state index contributed by atoms with van der Waals surface area (Å²) >= 11 is 0. The van der Waals surface area contributed by atoms with Gasteiger partial charge in [-0.2, -0.15) is 5.26 Å². The van der Waals surface area contributed by atoms with Gasteiger partial charge in [0.1, 0.15) is 9.84 Å². The molecular formula is C13H23NO2S. The highest BCUT2D eigenvalue weighted by Gasteiger charge is 2.34. The first-order valence-corrected chi connectivity index (χ1v) is 8.37. The van der Waals surface area contributed by atoms with Crippen LogP contribution in [-0.4, -0.2) is 19.9 Å². The Morgan fingerprint density at radius 2 is 2.18 bits per heavy atom. The van der Waals surface area contributed by atoms with E-state index >= 15 is 0 Å². The normalized spacial score (nSPS) is 29.8. The second-order valence-electron chi connectivity index (χ2n) is 5.43. The molecule has 0 amide bonds. The predicted octanol–water partition coefficient (Wildman–Crippen LogP) is 2.92. The second-order valence-corrected chi connectivity index (χ2v) is 7.91. The summed E-state index contributed by atoms with van der Waals surface area (Å²) in [7, 11) is -2.88.